The molecule has 4 atom stereocenters. The van der Waals surface area contributed by atoms with Crippen LogP contribution in [-0.2, 0) is 14.2 Å². The third-order valence-corrected chi connectivity index (χ3v) is 8.36. The molecule has 0 radical (unpaired) electrons. The van der Waals surface area contributed by atoms with Crippen LogP contribution in [0.2, 0.25) is 0 Å². The van der Waals surface area contributed by atoms with Gasteiger partial charge in [0.1, 0.15) is 11.2 Å². The van der Waals surface area contributed by atoms with Gasteiger partial charge in [-0.15, -0.1) is 0 Å². The first-order chi connectivity index (χ1) is 23.3. The van der Waals surface area contributed by atoms with Gasteiger partial charge < -0.3 is 48.2 Å². The Kier molecular flexibility index (Phi) is 10.7. The number of aromatic carboxylic acids is 1. The Hall–Kier alpha value is -4.76. The van der Waals surface area contributed by atoms with E-state index in [9.17, 15) is 34.5 Å². The first kappa shape index (κ1) is 35.5. The van der Waals surface area contributed by atoms with E-state index in [1.807, 2.05) is 23.6 Å². The van der Waals surface area contributed by atoms with Crippen molar-refractivity contribution in [1.82, 2.24) is 0 Å². The van der Waals surface area contributed by atoms with Crippen LogP contribution in [0, 0.1) is 0 Å². The summed E-state index contributed by atoms with van der Waals surface area (Å²) in [5.41, 5.74) is 0.687. The van der Waals surface area contributed by atoms with Crippen LogP contribution in [0.25, 0.3) is 21.9 Å². The molecule has 49 heavy (non-hydrogen) atoms. The molecular weight excluding hydrogens is 640 g/mol. The molecule has 14 nitrogen and oxygen atoms in total. The molecule has 6 rings (SSSR count). The predicted octanol–water partition coefficient (Wildman–Crippen LogP) is 3.63. The van der Waals surface area contributed by atoms with Crippen molar-refractivity contribution in [1.29, 1.82) is 0 Å². The van der Waals surface area contributed by atoms with Gasteiger partial charge in [0.2, 0.25) is 0 Å². The third-order valence-electron chi connectivity index (χ3n) is 8.36. The number of fused-ring (bicyclic) bond motifs is 2. The molecule has 2 aromatic heterocycles. The van der Waals surface area contributed by atoms with Crippen LogP contribution in [0.4, 0.5) is 11.8 Å². The molecule has 0 spiro atoms. The van der Waals surface area contributed by atoms with E-state index >= 15 is 0 Å². The fourth-order valence-electron chi connectivity index (χ4n) is 5.87. The topological polar surface area (TPSA) is 189 Å². The first-order valence-electron chi connectivity index (χ1n) is 15.9. The van der Waals surface area contributed by atoms with Crippen molar-refractivity contribution < 1.29 is 48.0 Å². The standard InChI is InChI=1S/C18H21NO6.C17H19NO6/c1-10-9-19(4-5-24-10)16-8-15(21)14-7-12(18(22)23-3)6-13(11(2)20)17(14)25-16;1-9-8-18(3-4-23-9)15-7-14(20)13-6-11(17(21)22)5-12(10(2)19)16(13)24-15/h6-8,10-11,20H,4-5,9H2,1-3H3;5-7,9-10,19H,3-4,8H2,1-2H3,(H,21,22)/t10-,11?;9-,10?/m11/s1. The van der Waals surface area contributed by atoms with Crippen LogP contribution < -0.4 is 20.7 Å². The minimum atomic E-state index is -1.16. The summed E-state index contributed by atoms with van der Waals surface area (Å²) in [5.74, 6) is -0.911. The number of anilines is 2. The number of methoxy groups -OCH3 is 1. The lowest BCUT2D eigenvalue weighted by atomic mass is 10.0. The number of ether oxygens (including phenoxy) is 3. The number of carboxylic acids is 1. The van der Waals surface area contributed by atoms with Crippen LogP contribution in [0.5, 0.6) is 0 Å². The van der Waals surface area contributed by atoms with Gasteiger partial charge in [-0.1, -0.05) is 0 Å². The number of aliphatic hydroxyl groups excluding tert-OH is 2. The average molecular weight is 681 g/mol. The number of morpholine rings is 2. The summed E-state index contributed by atoms with van der Waals surface area (Å²) >= 11 is 0. The molecule has 14 heteroatoms. The second-order valence-electron chi connectivity index (χ2n) is 12.2. The number of benzene rings is 2. The smallest absolute Gasteiger partial charge is 0.337 e. The minimum Gasteiger partial charge on any atom is -0.478 e. The van der Waals surface area contributed by atoms with E-state index in [1.165, 1.54) is 50.4 Å². The summed E-state index contributed by atoms with van der Waals surface area (Å²) in [5, 5.41) is 29.6. The molecule has 4 heterocycles. The first-order valence-corrected chi connectivity index (χ1v) is 15.9. The van der Waals surface area contributed by atoms with Crippen molar-refractivity contribution in [2.75, 3.05) is 56.3 Å². The molecule has 0 aliphatic carbocycles. The van der Waals surface area contributed by atoms with Crippen molar-refractivity contribution >= 4 is 45.6 Å². The molecule has 3 N–H and O–H groups in total. The summed E-state index contributed by atoms with van der Waals surface area (Å²) < 4.78 is 27.5. The Morgan fingerprint density at radius 2 is 1.18 bits per heavy atom. The molecule has 2 saturated heterocycles. The maximum atomic E-state index is 12.6. The van der Waals surface area contributed by atoms with Crippen molar-refractivity contribution in [3.8, 4) is 0 Å². The fraction of sp³-hybridized carbons (Fsp3) is 0.429. The molecule has 4 aromatic rings. The summed E-state index contributed by atoms with van der Waals surface area (Å²) in [6.07, 6.45) is -1.82. The quantitative estimate of drug-likeness (QED) is 0.250. The second kappa shape index (κ2) is 14.8. The van der Waals surface area contributed by atoms with Crippen molar-refractivity contribution in [3.05, 3.63) is 79.1 Å². The van der Waals surface area contributed by atoms with Crippen molar-refractivity contribution in [2.45, 2.75) is 52.1 Å². The number of nitrogens with zero attached hydrogens (tertiary/aromatic N) is 2. The lowest BCUT2D eigenvalue weighted by Crippen LogP contribution is -2.41. The molecule has 2 aliphatic rings. The van der Waals surface area contributed by atoms with Crippen LogP contribution >= 0.6 is 0 Å². The Morgan fingerprint density at radius 3 is 1.57 bits per heavy atom. The molecule has 262 valence electrons. The van der Waals surface area contributed by atoms with Gasteiger partial charge in [0.05, 0.1) is 66.6 Å². The normalized spacial score (nSPS) is 19.2. The summed E-state index contributed by atoms with van der Waals surface area (Å²) in [7, 11) is 1.26. The monoisotopic (exact) mass is 680 g/mol. The second-order valence-corrected chi connectivity index (χ2v) is 12.2. The highest BCUT2D eigenvalue weighted by Gasteiger charge is 2.24. The molecule has 0 amide bonds. The number of esters is 1. The zero-order valence-electron chi connectivity index (χ0n) is 27.9. The van der Waals surface area contributed by atoms with E-state index in [2.05, 4.69) is 0 Å². The number of aliphatic hydroxyl groups is 2. The van der Waals surface area contributed by atoms with E-state index in [1.54, 1.807) is 6.92 Å². The van der Waals surface area contributed by atoms with E-state index < -0.39 is 24.1 Å². The van der Waals surface area contributed by atoms with Gasteiger partial charge in [0, 0.05) is 49.4 Å². The molecule has 0 bridgehead atoms. The highest BCUT2D eigenvalue weighted by Crippen LogP contribution is 2.30. The minimum absolute atomic E-state index is 0.0189. The Labute approximate surface area is 281 Å². The van der Waals surface area contributed by atoms with Crippen LogP contribution in [0.1, 0.15) is 71.7 Å². The van der Waals surface area contributed by atoms with E-state index in [-0.39, 0.29) is 61.7 Å². The lowest BCUT2D eigenvalue weighted by molar-refractivity contribution is 0.0516. The van der Waals surface area contributed by atoms with Gasteiger partial charge in [0.15, 0.2) is 22.6 Å². The van der Waals surface area contributed by atoms with Gasteiger partial charge in [0.25, 0.3) is 0 Å². The zero-order chi connectivity index (χ0) is 35.6. The number of carboxylic acid groups (broad SMARTS) is 1. The van der Waals surface area contributed by atoms with E-state index in [0.29, 0.717) is 56.7 Å². The molecule has 2 aromatic carbocycles. The number of carbonyl (C=O) groups excluding carboxylic acids is 1. The Balaban J connectivity index is 0.000000191. The molecule has 2 unspecified atom stereocenters. The van der Waals surface area contributed by atoms with Crippen LogP contribution in [-0.4, -0.2) is 86.0 Å². The molecule has 2 fully saturated rings. The average Bonchev–Trinajstić information content (AvgIpc) is 3.07. The van der Waals surface area contributed by atoms with Gasteiger partial charge in [-0.3, -0.25) is 9.59 Å². The van der Waals surface area contributed by atoms with E-state index in [4.69, 9.17) is 23.0 Å². The molecule has 0 saturated carbocycles. The largest absolute Gasteiger partial charge is 0.478 e. The summed E-state index contributed by atoms with van der Waals surface area (Å²) in [4.78, 5) is 52.0. The van der Waals surface area contributed by atoms with Crippen molar-refractivity contribution in [2.24, 2.45) is 0 Å². The van der Waals surface area contributed by atoms with Gasteiger partial charge >= 0.3 is 11.9 Å². The predicted molar refractivity (Wildman–Crippen MR) is 180 cm³/mol. The summed E-state index contributed by atoms with van der Waals surface area (Å²) in [6.45, 7) is 10.4. The zero-order valence-corrected chi connectivity index (χ0v) is 27.9. The third kappa shape index (κ3) is 7.78. The number of carbonyl (C=O) groups is 2. The number of hydrogen-bond donors (Lipinski definition) is 3. The van der Waals surface area contributed by atoms with Crippen LogP contribution in [0.3, 0.4) is 0 Å². The molecule has 2 aliphatic heterocycles. The maximum absolute atomic E-state index is 12.6. The van der Waals surface area contributed by atoms with Crippen molar-refractivity contribution in [3.63, 3.8) is 0 Å². The van der Waals surface area contributed by atoms with Gasteiger partial charge in [-0.2, -0.15) is 0 Å². The summed E-state index contributed by atoms with van der Waals surface area (Å²) in [6, 6.07) is 8.31. The fourth-order valence-corrected chi connectivity index (χ4v) is 5.87. The van der Waals surface area contributed by atoms with Gasteiger partial charge in [-0.05, 0) is 52.0 Å². The maximum Gasteiger partial charge on any atom is 0.337 e. The Bertz CT molecular complexity index is 1980. The number of hydrogen-bond acceptors (Lipinski definition) is 13. The van der Waals surface area contributed by atoms with E-state index in [0.717, 1.165) is 0 Å². The highest BCUT2D eigenvalue weighted by atomic mass is 16.5. The van der Waals surface area contributed by atoms with Gasteiger partial charge in [-0.25, -0.2) is 9.59 Å². The molecular formula is C35H40N2O12. The lowest BCUT2D eigenvalue weighted by Gasteiger charge is -2.31. The Morgan fingerprint density at radius 1 is 0.755 bits per heavy atom. The number of rotatable bonds is 6. The highest BCUT2D eigenvalue weighted by molar-refractivity contribution is 5.96. The van der Waals surface area contributed by atoms with Crippen LogP contribution in [0.15, 0.2) is 54.8 Å². The SMILES string of the molecule is CC(O)c1cc(C(=O)O)cc2c(=O)cc(N3CCO[C@H](C)C3)oc12.COC(=O)c1cc(C(C)O)c2oc(N3CCO[C@H](C)C3)cc(=O)c2c1.